The van der Waals surface area contributed by atoms with Crippen LogP contribution in [0.4, 0.5) is 0 Å². The summed E-state index contributed by atoms with van der Waals surface area (Å²) in [7, 11) is 0. The number of rotatable bonds is 4. The topological polar surface area (TPSA) is 17.8 Å². The molecule has 0 spiro atoms. The van der Waals surface area contributed by atoms with Gasteiger partial charge in [-0.2, -0.15) is 0 Å². The van der Waals surface area contributed by atoms with Gasteiger partial charge >= 0.3 is 0 Å². The molecule has 0 amide bonds. The van der Waals surface area contributed by atoms with Crippen LogP contribution in [0, 0.1) is 5.92 Å². The van der Waals surface area contributed by atoms with Gasteiger partial charge in [0.05, 0.1) is 18.2 Å². The average Bonchev–Trinajstić information content (AvgIpc) is 2.60. The number of imidazole rings is 1. The molecule has 1 aromatic heterocycles. The Bertz CT molecular complexity index is 313. The van der Waals surface area contributed by atoms with Crippen molar-refractivity contribution in [2.45, 2.75) is 27.3 Å². The zero-order valence-corrected chi connectivity index (χ0v) is 9.75. The van der Waals surface area contributed by atoms with Crippen LogP contribution < -0.4 is 0 Å². The third-order valence-electron chi connectivity index (χ3n) is 2.31. The normalized spacial score (nSPS) is 12.5. The van der Waals surface area contributed by atoms with E-state index >= 15 is 0 Å². The van der Waals surface area contributed by atoms with Gasteiger partial charge in [-0.1, -0.05) is 19.4 Å². The minimum Gasteiger partial charge on any atom is -0.331 e. The summed E-state index contributed by atoms with van der Waals surface area (Å²) in [6.07, 6.45) is 5.85. The quantitative estimate of drug-likeness (QED) is 0.701. The summed E-state index contributed by atoms with van der Waals surface area (Å²) >= 11 is 5.88. The van der Waals surface area contributed by atoms with Crippen molar-refractivity contribution < 1.29 is 0 Å². The van der Waals surface area contributed by atoms with Crippen molar-refractivity contribution in [3.8, 4) is 0 Å². The van der Waals surface area contributed by atoms with E-state index in [1.807, 2.05) is 12.5 Å². The van der Waals surface area contributed by atoms with Gasteiger partial charge in [-0.15, -0.1) is 11.6 Å². The van der Waals surface area contributed by atoms with E-state index < -0.39 is 0 Å². The second kappa shape index (κ2) is 5.20. The Morgan fingerprint density at radius 3 is 2.86 bits per heavy atom. The predicted molar refractivity (Wildman–Crippen MR) is 61.4 cm³/mol. The molecule has 0 radical (unpaired) electrons. The lowest BCUT2D eigenvalue weighted by atomic mass is 10.0. The van der Waals surface area contributed by atoms with E-state index in [1.54, 1.807) is 0 Å². The summed E-state index contributed by atoms with van der Waals surface area (Å²) in [6, 6.07) is 0. The van der Waals surface area contributed by atoms with Crippen molar-refractivity contribution >= 4 is 17.7 Å². The van der Waals surface area contributed by atoms with Gasteiger partial charge in [0.15, 0.2) is 0 Å². The number of hydrogen-bond donors (Lipinski definition) is 0. The van der Waals surface area contributed by atoms with Gasteiger partial charge in [-0.25, -0.2) is 4.98 Å². The molecule has 3 heteroatoms. The molecular weight excluding hydrogens is 196 g/mol. The first-order valence-corrected chi connectivity index (χ1v) is 5.49. The smallest absolute Gasteiger partial charge is 0.0950 e. The molecule has 0 saturated heterocycles. The fourth-order valence-corrected chi connectivity index (χ4v) is 1.65. The summed E-state index contributed by atoms with van der Waals surface area (Å²) in [5, 5.41) is 0. The summed E-state index contributed by atoms with van der Waals surface area (Å²) in [4.78, 5) is 4.11. The van der Waals surface area contributed by atoms with Crippen LogP contribution in [0.15, 0.2) is 18.1 Å². The van der Waals surface area contributed by atoms with Crippen LogP contribution in [0.2, 0.25) is 0 Å². The summed E-state index contributed by atoms with van der Waals surface area (Å²) in [5.41, 5.74) is 2.39. The number of alkyl halides is 1. The highest BCUT2D eigenvalue weighted by Gasteiger charge is 2.03. The second-order valence-corrected chi connectivity index (χ2v) is 3.88. The van der Waals surface area contributed by atoms with Gasteiger partial charge in [0, 0.05) is 12.4 Å². The summed E-state index contributed by atoms with van der Waals surface area (Å²) < 4.78 is 2.11. The van der Waals surface area contributed by atoms with E-state index in [1.165, 1.54) is 5.57 Å². The first-order valence-electron chi connectivity index (χ1n) is 4.95. The molecule has 78 valence electrons. The summed E-state index contributed by atoms with van der Waals surface area (Å²) in [6.45, 7) is 7.36. The number of allylic oxidation sites excluding steroid dienone is 1. The molecule has 0 bridgehead atoms. The number of hydrogen-bond acceptors (Lipinski definition) is 1. The summed E-state index contributed by atoms with van der Waals surface area (Å²) in [5.74, 6) is 1.08. The molecule has 0 fully saturated rings. The zero-order chi connectivity index (χ0) is 10.6. The first kappa shape index (κ1) is 11.3. The number of aromatic nitrogens is 2. The highest BCUT2D eigenvalue weighted by atomic mass is 35.5. The minimum absolute atomic E-state index is 0.493. The molecule has 0 aliphatic heterocycles. The van der Waals surface area contributed by atoms with Crippen LogP contribution in [0.5, 0.6) is 0 Å². The molecule has 1 rings (SSSR count). The first-order chi connectivity index (χ1) is 6.69. The Morgan fingerprint density at radius 2 is 2.36 bits per heavy atom. The SMILES string of the molecule is CCn1cncc1C=C(CCl)C(C)C. The second-order valence-electron chi connectivity index (χ2n) is 3.61. The Kier molecular flexibility index (Phi) is 4.21. The number of aryl methyl sites for hydroxylation is 1. The van der Waals surface area contributed by atoms with Crippen LogP contribution >= 0.6 is 11.6 Å². The predicted octanol–water partition coefficient (Wildman–Crippen LogP) is 3.18. The number of halogens is 1. The van der Waals surface area contributed by atoms with Gasteiger partial charge in [-0.3, -0.25) is 0 Å². The Morgan fingerprint density at radius 1 is 1.64 bits per heavy atom. The van der Waals surface area contributed by atoms with E-state index in [2.05, 4.69) is 36.4 Å². The van der Waals surface area contributed by atoms with E-state index in [-0.39, 0.29) is 0 Å². The monoisotopic (exact) mass is 212 g/mol. The maximum atomic E-state index is 5.88. The Labute approximate surface area is 90.6 Å². The third-order valence-corrected chi connectivity index (χ3v) is 2.62. The maximum Gasteiger partial charge on any atom is 0.0950 e. The lowest BCUT2D eigenvalue weighted by molar-refractivity contribution is 0.746. The molecule has 1 aromatic rings. The van der Waals surface area contributed by atoms with E-state index in [9.17, 15) is 0 Å². The molecule has 1 heterocycles. The molecule has 0 aromatic carbocycles. The van der Waals surface area contributed by atoms with E-state index in [4.69, 9.17) is 11.6 Å². The zero-order valence-electron chi connectivity index (χ0n) is 9.00. The van der Waals surface area contributed by atoms with Crippen molar-refractivity contribution in [1.29, 1.82) is 0 Å². The number of nitrogens with zero attached hydrogens (tertiary/aromatic N) is 2. The fraction of sp³-hybridized carbons (Fsp3) is 0.545. The Hall–Kier alpha value is -0.760. The molecule has 0 saturated carbocycles. The van der Waals surface area contributed by atoms with Crippen LogP contribution in [-0.2, 0) is 6.54 Å². The Balaban J connectivity index is 2.94. The molecule has 0 aliphatic carbocycles. The largest absolute Gasteiger partial charge is 0.331 e. The van der Waals surface area contributed by atoms with Crippen LogP contribution in [0.1, 0.15) is 26.5 Å². The fourth-order valence-electron chi connectivity index (χ4n) is 1.26. The standard InChI is InChI=1S/C11H17ClN2/c1-4-14-8-13-7-11(14)5-10(6-12)9(2)3/h5,7-9H,4,6H2,1-3H3. The highest BCUT2D eigenvalue weighted by molar-refractivity contribution is 6.19. The van der Waals surface area contributed by atoms with Crippen molar-refractivity contribution in [1.82, 2.24) is 9.55 Å². The van der Waals surface area contributed by atoms with E-state index in [0.29, 0.717) is 11.8 Å². The van der Waals surface area contributed by atoms with Crippen LogP contribution in [0.3, 0.4) is 0 Å². The molecule has 0 atom stereocenters. The van der Waals surface area contributed by atoms with Crippen LogP contribution in [-0.4, -0.2) is 15.4 Å². The van der Waals surface area contributed by atoms with Crippen molar-refractivity contribution in [3.05, 3.63) is 23.8 Å². The van der Waals surface area contributed by atoms with Gasteiger partial charge < -0.3 is 4.57 Å². The van der Waals surface area contributed by atoms with Crippen LogP contribution in [0.25, 0.3) is 6.08 Å². The molecule has 0 aliphatic rings. The van der Waals surface area contributed by atoms with Crippen molar-refractivity contribution in [2.75, 3.05) is 5.88 Å². The molecule has 0 unspecified atom stereocenters. The maximum absolute atomic E-state index is 5.88. The lowest BCUT2D eigenvalue weighted by Gasteiger charge is -2.08. The van der Waals surface area contributed by atoms with Gasteiger partial charge in [0.1, 0.15) is 0 Å². The highest BCUT2D eigenvalue weighted by Crippen LogP contribution is 2.15. The van der Waals surface area contributed by atoms with Gasteiger partial charge in [0.2, 0.25) is 0 Å². The average molecular weight is 213 g/mol. The molecule has 2 nitrogen and oxygen atoms in total. The molecule has 0 N–H and O–H groups in total. The van der Waals surface area contributed by atoms with Gasteiger partial charge in [0.25, 0.3) is 0 Å². The lowest BCUT2D eigenvalue weighted by Crippen LogP contribution is -1.99. The van der Waals surface area contributed by atoms with Crippen molar-refractivity contribution in [2.24, 2.45) is 5.92 Å². The minimum atomic E-state index is 0.493. The molecular formula is C11H17ClN2. The third kappa shape index (κ3) is 2.61. The van der Waals surface area contributed by atoms with Gasteiger partial charge in [-0.05, 0) is 18.9 Å². The van der Waals surface area contributed by atoms with Crippen molar-refractivity contribution in [3.63, 3.8) is 0 Å². The van der Waals surface area contributed by atoms with E-state index in [0.717, 1.165) is 12.2 Å². The molecule has 14 heavy (non-hydrogen) atoms.